The van der Waals surface area contributed by atoms with Gasteiger partial charge < -0.3 is 14.9 Å². The molecule has 0 spiro atoms. The predicted molar refractivity (Wildman–Crippen MR) is 157 cm³/mol. The first kappa shape index (κ1) is 37.9. The van der Waals surface area contributed by atoms with Crippen LogP contribution in [0.15, 0.2) is 12.2 Å². The second-order valence-corrected chi connectivity index (χ2v) is 10.2. The molecule has 5 heteroatoms. The number of hydrogen-bond acceptors (Lipinski definition) is 5. The zero-order valence-electron chi connectivity index (χ0n) is 24.7. The lowest BCUT2D eigenvalue weighted by Crippen LogP contribution is -2.11. The van der Waals surface area contributed by atoms with Gasteiger partial charge in [-0.2, -0.15) is 0 Å². The summed E-state index contributed by atoms with van der Waals surface area (Å²) in [5, 5.41) is 15.2. The first-order valence-electron chi connectivity index (χ1n) is 15.7. The summed E-state index contributed by atoms with van der Waals surface area (Å²) >= 11 is 0. The number of ether oxygens (including phenoxy) is 1. The van der Waals surface area contributed by atoms with Crippen molar-refractivity contribution < 1.29 is 24.5 Å². The molecule has 5 nitrogen and oxygen atoms in total. The fraction of sp³-hybridized carbons (Fsp3) is 0.875. The van der Waals surface area contributed by atoms with Crippen LogP contribution in [0.4, 0.5) is 0 Å². The van der Waals surface area contributed by atoms with Gasteiger partial charge in [-0.3, -0.25) is 9.59 Å². The Morgan fingerprint density at radius 3 is 1.11 bits per heavy atom. The summed E-state index contributed by atoms with van der Waals surface area (Å²) in [5.74, 6) is -0.677. The topological polar surface area (TPSA) is 83.8 Å². The molecule has 2 N–H and O–H groups in total. The second-order valence-electron chi connectivity index (χ2n) is 10.2. The van der Waals surface area contributed by atoms with Gasteiger partial charge in [-0.15, -0.1) is 0 Å². The van der Waals surface area contributed by atoms with Gasteiger partial charge >= 0.3 is 11.9 Å². The first-order valence-corrected chi connectivity index (χ1v) is 15.7. The number of aliphatic hydroxyl groups is 2. The summed E-state index contributed by atoms with van der Waals surface area (Å²) in [7, 11) is 0. The van der Waals surface area contributed by atoms with Crippen LogP contribution in [-0.2, 0) is 14.3 Å². The lowest BCUT2D eigenvalue weighted by Gasteiger charge is -2.04. The lowest BCUT2D eigenvalue weighted by molar-refractivity contribution is -0.159. The number of carbonyl (C=O) groups excluding carboxylic acids is 2. The molecule has 0 radical (unpaired) electrons. The van der Waals surface area contributed by atoms with E-state index in [1.54, 1.807) is 0 Å². The second kappa shape index (κ2) is 34.8. The van der Waals surface area contributed by atoms with E-state index in [4.69, 9.17) is 14.9 Å². The van der Waals surface area contributed by atoms with Gasteiger partial charge in [0.2, 0.25) is 0 Å². The molecule has 0 bridgehead atoms. The summed E-state index contributed by atoms with van der Waals surface area (Å²) in [4.78, 5) is 23.6. The van der Waals surface area contributed by atoms with E-state index in [1.807, 2.05) is 0 Å². The first-order chi connectivity index (χ1) is 18.1. The fourth-order valence-electron chi connectivity index (χ4n) is 4.15. The average molecular weight is 527 g/mol. The van der Waals surface area contributed by atoms with Crippen LogP contribution in [0.5, 0.6) is 0 Å². The van der Waals surface area contributed by atoms with Crippen molar-refractivity contribution in [1.29, 1.82) is 0 Å². The van der Waals surface area contributed by atoms with Gasteiger partial charge in [0.05, 0.1) is 13.2 Å². The molecule has 0 unspecified atom stereocenters. The average Bonchev–Trinajstić information content (AvgIpc) is 2.90. The Bertz CT molecular complexity index is 488. The Balaban J connectivity index is 0. The van der Waals surface area contributed by atoms with E-state index in [0.29, 0.717) is 12.8 Å². The number of carbonyl (C=O) groups is 2. The van der Waals surface area contributed by atoms with Crippen LogP contribution in [0.2, 0.25) is 0 Å². The highest BCUT2D eigenvalue weighted by atomic mass is 16.6. The Hall–Kier alpha value is -1.20. The van der Waals surface area contributed by atoms with Crippen LogP contribution in [0.25, 0.3) is 0 Å². The molecule has 0 aliphatic heterocycles. The zero-order valence-corrected chi connectivity index (χ0v) is 24.7. The molecule has 0 fully saturated rings. The van der Waals surface area contributed by atoms with Gasteiger partial charge in [-0.1, -0.05) is 129 Å². The molecule has 220 valence electrons. The van der Waals surface area contributed by atoms with Crippen LogP contribution >= 0.6 is 0 Å². The molecule has 0 rings (SSSR count). The molecule has 0 heterocycles. The quantitative estimate of drug-likeness (QED) is 0.0508. The van der Waals surface area contributed by atoms with E-state index >= 15 is 0 Å². The number of aliphatic hydroxyl groups excluding tert-OH is 2. The molecule has 0 aromatic heterocycles. The number of hydrogen-bond donors (Lipinski definition) is 2. The van der Waals surface area contributed by atoms with E-state index in [9.17, 15) is 9.59 Å². The maximum atomic E-state index is 11.8. The van der Waals surface area contributed by atoms with Crippen molar-refractivity contribution in [1.82, 2.24) is 0 Å². The van der Waals surface area contributed by atoms with Gasteiger partial charge in [0.1, 0.15) is 0 Å². The molecule has 0 aliphatic rings. The molecule has 0 aromatic carbocycles. The lowest BCUT2D eigenvalue weighted by atomic mass is 10.1. The minimum atomic E-state index is -0.339. The summed E-state index contributed by atoms with van der Waals surface area (Å²) in [6, 6.07) is 0. The monoisotopic (exact) mass is 526 g/mol. The number of unbranched alkanes of at least 4 members (excludes halogenated alkanes) is 19. The molecule has 0 amide bonds. The third-order valence-corrected chi connectivity index (χ3v) is 6.45. The van der Waals surface area contributed by atoms with Crippen molar-refractivity contribution in [2.45, 2.75) is 168 Å². The Morgan fingerprint density at radius 1 is 0.486 bits per heavy atom. The van der Waals surface area contributed by atoms with Crippen molar-refractivity contribution in [3.05, 3.63) is 12.2 Å². The minimum absolute atomic E-state index is 0.125. The molecule has 0 aliphatic carbocycles. The molecule has 0 atom stereocenters. The van der Waals surface area contributed by atoms with Crippen molar-refractivity contribution in [2.75, 3.05) is 13.2 Å². The van der Waals surface area contributed by atoms with Crippen molar-refractivity contribution in [2.24, 2.45) is 0 Å². The highest BCUT2D eigenvalue weighted by Crippen LogP contribution is 2.12. The number of esters is 2. The zero-order chi connectivity index (χ0) is 27.7. The Kier molecular flexibility index (Phi) is 35.7. The summed E-state index contributed by atoms with van der Waals surface area (Å²) in [6.07, 6.45) is 32.5. The van der Waals surface area contributed by atoms with Gasteiger partial charge in [-0.05, 0) is 38.5 Å². The van der Waals surface area contributed by atoms with Crippen LogP contribution in [0.3, 0.4) is 0 Å². The molecular formula is C32H62O5. The van der Waals surface area contributed by atoms with Crippen molar-refractivity contribution in [3.63, 3.8) is 0 Å². The van der Waals surface area contributed by atoms with Crippen LogP contribution < -0.4 is 0 Å². The number of allylic oxidation sites excluding steroid dienone is 2. The van der Waals surface area contributed by atoms with Gasteiger partial charge in [0, 0.05) is 12.8 Å². The third kappa shape index (κ3) is 37.0. The van der Waals surface area contributed by atoms with E-state index in [1.165, 1.54) is 109 Å². The van der Waals surface area contributed by atoms with E-state index < -0.39 is 0 Å². The van der Waals surface area contributed by atoms with Gasteiger partial charge in [-0.25, -0.2) is 0 Å². The van der Waals surface area contributed by atoms with Crippen molar-refractivity contribution >= 4 is 11.9 Å². The molecular weight excluding hydrogens is 464 g/mol. The molecule has 0 saturated heterocycles. The van der Waals surface area contributed by atoms with Gasteiger partial charge in [0.15, 0.2) is 0 Å². The highest BCUT2D eigenvalue weighted by molar-refractivity contribution is 5.85. The molecule has 0 saturated carbocycles. The summed E-state index contributed by atoms with van der Waals surface area (Å²) in [6.45, 7) is 4.25. The maximum Gasteiger partial charge on any atom is 0.313 e. The third-order valence-electron chi connectivity index (χ3n) is 6.45. The van der Waals surface area contributed by atoms with E-state index in [2.05, 4.69) is 26.0 Å². The molecule has 0 aromatic rings. The Morgan fingerprint density at radius 2 is 0.784 bits per heavy atom. The van der Waals surface area contributed by atoms with Gasteiger partial charge in [0.25, 0.3) is 0 Å². The Labute approximate surface area is 229 Å². The normalized spacial score (nSPS) is 10.9. The highest BCUT2D eigenvalue weighted by Gasteiger charge is 2.09. The minimum Gasteiger partial charge on any atom is -0.394 e. The largest absolute Gasteiger partial charge is 0.394 e. The van der Waals surface area contributed by atoms with Crippen LogP contribution in [-0.4, -0.2) is 35.4 Å². The standard InChI is InChI=1S/C30H56O3.C2H6O2/c1-3-5-7-9-11-13-14-15-16-17-18-20-22-24-26-28-30(32)33-29(31)27-25-23-21-19-12-10-8-6-4-2;3-1-2-4/h15-16H,3-14,17-28H2,1-2H3;3-4H,1-2H2/b16-15-;. The predicted octanol–water partition coefficient (Wildman–Crippen LogP) is 8.99. The maximum absolute atomic E-state index is 11.8. The SMILES string of the molecule is CCCCCCCC/C=C\CCCCCCCC(=O)OC(=O)CCCCCCCCCCC.OCCO. The van der Waals surface area contributed by atoms with Crippen LogP contribution in [0, 0.1) is 0 Å². The fourth-order valence-corrected chi connectivity index (χ4v) is 4.15. The summed E-state index contributed by atoms with van der Waals surface area (Å²) in [5.41, 5.74) is 0. The summed E-state index contributed by atoms with van der Waals surface area (Å²) < 4.78 is 4.95. The number of rotatable bonds is 26. The smallest absolute Gasteiger partial charge is 0.313 e. The van der Waals surface area contributed by atoms with Crippen molar-refractivity contribution in [3.8, 4) is 0 Å². The molecule has 37 heavy (non-hydrogen) atoms. The van der Waals surface area contributed by atoms with Crippen LogP contribution in [0.1, 0.15) is 168 Å². The van der Waals surface area contributed by atoms with E-state index in [0.717, 1.165) is 32.1 Å². The van der Waals surface area contributed by atoms with E-state index in [-0.39, 0.29) is 25.2 Å².